The molecule has 6 nitrogen and oxygen atoms in total. The molecule has 2 fully saturated rings. The number of nitrogens with one attached hydrogen (secondary N) is 1. The second kappa shape index (κ2) is 9.69. The normalized spacial score (nSPS) is 20.8. The van der Waals surface area contributed by atoms with E-state index in [1.807, 2.05) is 24.3 Å². The Bertz CT molecular complexity index is 862. The van der Waals surface area contributed by atoms with Gasteiger partial charge in [-0.3, -0.25) is 14.9 Å². The van der Waals surface area contributed by atoms with Gasteiger partial charge in [-0.05, 0) is 37.0 Å². The fourth-order valence-electron chi connectivity index (χ4n) is 3.82. The number of hydrogen-bond donors (Lipinski definition) is 1. The predicted molar refractivity (Wildman–Crippen MR) is 113 cm³/mol. The molecule has 1 aromatic heterocycles. The van der Waals surface area contributed by atoms with Gasteiger partial charge in [-0.25, -0.2) is 4.98 Å². The van der Waals surface area contributed by atoms with Crippen molar-refractivity contribution in [2.75, 3.05) is 0 Å². The van der Waals surface area contributed by atoms with Crippen LogP contribution in [0.2, 0.25) is 0 Å². The van der Waals surface area contributed by atoms with Crippen LogP contribution >= 0.6 is 11.8 Å². The van der Waals surface area contributed by atoms with Crippen LogP contribution < -0.4 is 10.1 Å². The Morgan fingerprint density at radius 1 is 1.21 bits per heavy atom. The van der Waals surface area contributed by atoms with Crippen molar-refractivity contribution >= 4 is 52.5 Å². The number of nitrogens with zero attached hydrogens (tertiary/aromatic N) is 1. The van der Waals surface area contributed by atoms with Crippen molar-refractivity contribution in [1.29, 1.82) is 0 Å². The third-order valence-corrected chi connectivity index (χ3v) is 6.50. The third kappa shape index (κ3) is 5.45. The quantitative estimate of drug-likeness (QED) is 0.712. The summed E-state index contributed by atoms with van der Waals surface area (Å²) in [5, 5.41) is 1.68. The first-order valence-electron chi connectivity index (χ1n) is 9.70. The molecule has 1 aliphatic carbocycles. The van der Waals surface area contributed by atoms with E-state index in [1.165, 1.54) is 19.3 Å². The van der Waals surface area contributed by atoms with E-state index in [9.17, 15) is 9.59 Å². The van der Waals surface area contributed by atoms with Crippen LogP contribution in [0.4, 0.5) is 4.79 Å². The number of aromatic nitrogens is 1. The van der Waals surface area contributed by atoms with Crippen LogP contribution in [0.1, 0.15) is 56.2 Å². The molecule has 8 heteroatoms. The van der Waals surface area contributed by atoms with Crippen molar-refractivity contribution < 1.29 is 18.7 Å². The van der Waals surface area contributed by atoms with Crippen molar-refractivity contribution in [2.45, 2.75) is 62.7 Å². The Morgan fingerprint density at radius 2 is 1.93 bits per heavy atom. The number of amides is 2. The van der Waals surface area contributed by atoms with Crippen molar-refractivity contribution in [1.82, 2.24) is 10.3 Å². The zero-order valence-electron chi connectivity index (χ0n) is 15.9. The van der Waals surface area contributed by atoms with Crippen LogP contribution in [0.5, 0.6) is 5.75 Å². The Hall–Kier alpha value is -1.28. The second-order valence-electron chi connectivity index (χ2n) is 7.79. The average Bonchev–Trinajstić information content (AvgIpc) is 3.29. The van der Waals surface area contributed by atoms with Crippen molar-refractivity contribution in [2.24, 2.45) is 0 Å². The SMILES string of the molecule is CC1(c2nc(COc3ccc(CC4SC(=O)NC4=O)cc3)co2)CCCCC1.[NaH]. The summed E-state index contributed by atoms with van der Waals surface area (Å²) < 4.78 is 11.6. The number of ether oxygens (including phenoxy) is 1. The molecule has 150 valence electrons. The summed E-state index contributed by atoms with van der Waals surface area (Å²) in [4.78, 5) is 27.6. The number of carbonyl (C=O) groups is 2. The summed E-state index contributed by atoms with van der Waals surface area (Å²) >= 11 is 1.04. The minimum absolute atomic E-state index is 0. The molecule has 4 rings (SSSR count). The van der Waals surface area contributed by atoms with Crippen LogP contribution in [0.3, 0.4) is 0 Å². The van der Waals surface area contributed by atoms with Crippen molar-refractivity contribution in [3.63, 3.8) is 0 Å². The molecule has 1 N–H and O–H groups in total. The van der Waals surface area contributed by atoms with Crippen molar-refractivity contribution in [3.05, 3.63) is 47.7 Å². The molecular formula is C21H25N2NaO4S. The zero-order valence-corrected chi connectivity index (χ0v) is 16.7. The molecule has 1 saturated carbocycles. The number of rotatable bonds is 6. The topological polar surface area (TPSA) is 81.4 Å². The van der Waals surface area contributed by atoms with E-state index < -0.39 is 0 Å². The van der Waals surface area contributed by atoms with Gasteiger partial charge in [0, 0.05) is 5.41 Å². The van der Waals surface area contributed by atoms with E-state index in [-0.39, 0.29) is 51.4 Å². The molecule has 2 aromatic rings. The number of hydrogen-bond acceptors (Lipinski definition) is 6. The van der Waals surface area contributed by atoms with E-state index in [0.717, 1.165) is 47.5 Å². The number of imide groups is 1. The van der Waals surface area contributed by atoms with E-state index >= 15 is 0 Å². The Labute approximate surface area is 196 Å². The molecule has 1 atom stereocenters. The fraction of sp³-hybridized carbons (Fsp3) is 0.476. The molecule has 0 spiro atoms. The molecule has 29 heavy (non-hydrogen) atoms. The standard InChI is InChI=1S/C21H24N2O4S.Na.H/c1-21(9-3-2-4-10-21)19-22-15(13-27-19)12-26-16-7-5-14(6-8-16)11-17-18(24)23-20(25)28-17;;/h5-8,13,17H,2-4,9-12H2,1H3,(H,23,24,25);;. The maximum absolute atomic E-state index is 11.7. The number of benzene rings is 1. The first-order valence-corrected chi connectivity index (χ1v) is 10.6. The molecule has 1 unspecified atom stereocenters. The molecule has 2 heterocycles. The maximum atomic E-state index is 11.7. The average molecular weight is 424 g/mol. The van der Waals surface area contributed by atoms with Crippen LogP contribution in [0.25, 0.3) is 0 Å². The van der Waals surface area contributed by atoms with Gasteiger partial charge in [0.1, 0.15) is 24.3 Å². The van der Waals surface area contributed by atoms with E-state index in [1.54, 1.807) is 6.26 Å². The minimum atomic E-state index is -0.353. The Balaban J connectivity index is 0.00000240. The third-order valence-electron chi connectivity index (χ3n) is 5.52. The van der Waals surface area contributed by atoms with Crippen molar-refractivity contribution in [3.8, 4) is 5.75 Å². The van der Waals surface area contributed by atoms with Gasteiger partial charge in [0.2, 0.25) is 5.91 Å². The van der Waals surface area contributed by atoms with Gasteiger partial charge in [-0.1, -0.05) is 50.1 Å². The summed E-state index contributed by atoms with van der Waals surface area (Å²) in [5.74, 6) is 1.34. The van der Waals surface area contributed by atoms with E-state index in [4.69, 9.17) is 9.15 Å². The fourth-order valence-corrected chi connectivity index (χ4v) is 4.68. The predicted octanol–water partition coefficient (Wildman–Crippen LogP) is 3.72. The van der Waals surface area contributed by atoms with Crippen LogP contribution in [-0.4, -0.2) is 50.9 Å². The van der Waals surface area contributed by atoms with Gasteiger partial charge in [-0.15, -0.1) is 0 Å². The van der Waals surface area contributed by atoms with Gasteiger partial charge in [-0.2, -0.15) is 0 Å². The van der Waals surface area contributed by atoms with E-state index in [0.29, 0.717) is 13.0 Å². The molecule has 1 saturated heterocycles. The molecular weight excluding hydrogens is 399 g/mol. The van der Waals surface area contributed by atoms with Gasteiger partial charge in [0.25, 0.3) is 5.24 Å². The second-order valence-corrected chi connectivity index (χ2v) is 8.96. The van der Waals surface area contributed by atoms with Crippen LogP contribution in [0, 0.1) is 0 Å². The first kappa shape index (κ1) is 22.4. The molecule has 1 aliphatic heterocycles. The number of oxazole rings is 1. The van der Waals surface area contributed by atoms with Gasteiger partial charge >= 0.3 is 29.6 Å². The van der Waals surface area contributed by atoms with Crippen LogP contribution in [-0.2, 0) is 23.2 Å². The Morgan fingerprint density at radius 3 is 2.59 bits per heavy atom. The summed E-state index contributed by atoms with van der Waals surface area (Å²) in [7, 11) is 0. The number of carbonyl (C=O) groups excluding carboxylic acids is 2. The molecule has 2 aliphatic rings. The summed E-state index contributed by atoms with van der Waals surface area (Å²) in [6.07, 6.45) is 8.21. The Kier molecular flexibility index (Phi) is 7.48. The monoisotopic (exact) mass is 424 g/mol. The molecule has 2 amide bonds. The van der Waals surface area contributed by atoms with Crippen LogP contribution in [0.15, 0.2) is 34.9 Å². The summed E-state index contributed by atoms with van der Waals surface area (Å²) in [5.41, 5.74) is 1.83. The number of thioether (sulfide) groups is 1. The first-order chi connectivity index (χ1) is 13.5. The van der Waals surface area contributed by atoms with E-state index in [2.05, 4.69) is 17.2 Å². The molecule has 1 aromatic carbocycles. The summed E-state index contributed by atoms with van der Waals surface area (Å²) in [6.45, 7) is 2.59. The van der Waals surface area contributed by atoms with Gasteiger partial charge < -0.3 is 9.15 Å². The molecule has 0 radical (unpaired) electrons. The van der Waals surface area contributed by atoms with Gasteiger partial charge in [0.15, 0.2) is 5.89 Å². The zero-order chi connectivity index (χ0) is 19.6. The molecule has 0 bridgehead atoms. The van der Waals surface area contributed by atoms with Gasteiger partial charge in [0.05, 0.1) is 5.25 Å². The summed E-state index contributed by atoms with van der Waals surface area (Å²) in [6, 6.07) is 7.59.